The van der Waals surface area contributed by atoms with E-state index in [0.717, 1.165) is 11.3 Å². The highest BCUT2D eigenvalue weighted by Crippen LogP contribution is 2.38. The molecular formula is C16H26O5SSi. The van der Waals surface area contributed by atoms with E-state index < -0.39 is 25.8 Å². The predicted molar refractivity (Wildman–Crippen MR) is 93.0 cm³/mol. The molecule has 1 heterocycles. The molecule has 3 atom stereocenters. The lowest BCUT2D eigenvalue weighted by molar-refractivity contribution is 0.0937. The van der Waals surface area contributed by atoms with E-state index in [1.807, 2.05) is 24.3 Å². The molecule has 0 aliphatic carbocycles. The molecule has 1 aliphatic rings. The van der Waals surface area contributed by atoms with Crippen LogP contribution in [0.25, 0.3) is 0 Å². The van der Waals surface area contributed by atoms with Crippen LogP contribution in [0, 0.1) is 0 Å². The summed E-state index contributed by atoms with van der Waals surface area (Å²) in [6, 6.07) is 7.50. The van der Waals surface area contributed by atoms with Gasteiger partial charge < -0.3 is 9.16 Å². The lowest BCUT2D eigenvalue weighted by Gasteiger charge is -2.36. The topological polar surface area (TPSA) is 54.0 Å². The van der Waals surface area contributed by atoms with Gasteiger partial charge in [-0.15, -0.1) is 0 Å². The summed E-state index contributed by atoms with van der Waals surface area (Å²) in [4.78, 5) is 0. The van der Waals surface area contributed by atoms with Gasteiger partial charge in [-0.05, 0) is 35.8 Å². The van der Waals surface area contributed by atoms with Crippen LogP contribution >= 0.6 is 0 Å². The summed E-state index contributed by atoms with van der Waals surface area (Å²) in [6.45, 7) is 11.3. The first kappa shape index (κ1) is 18.6. The van der Waals surface area contributed by atoms with E-state index in [4.69, 9.17) is 17.5 Å². The van der Waals surface area contributed by atoms with Gasteiger partial charge >= 0.3 is 11.4 Å². The van der Waals surface area contributed by atoms with Gasteiger partial charge in [-0.2, -0.15) is 4.21 Å². The van der Waals surface area contributed by atoms with Crippen molar-refractivity contribution in [2.24, 2.45) is 0 Å². The van der Waals surface area contributed by atoms with Crippen molar-refractivity contribution in [3.8, 4) is 5.75 Å². The Morgan fingerprint density at radius 3 is 2.30 bits per heavy atom. The second-order valence-corrected chi connectivity index (χ2v) is 12.8. The number of benzene rings is 1. The van der Waals surface area contributed by atoms with Crippen LogP contribution in [-0.2, 0) is 24.2 Å². The summed E-state index contributed by atoms with van der Waals surface area (Å²) in [7, 11) is -0.274. The summed E-state index contributed by atoms with van der Waals surface area (Å²) in [5, 5.41) is 0.112. The third kappa shape index (κ3) is 4.42. The molecule has 1 unspecified atom stereocenters. The minimum atomic E-state index is -1.89. The maximum absolute atomic E-state index is 11.7. The Balaban J connectivity index is 2.09. The first-order valence-corrected chi connectivity index (χ1v) is 11.6. The van der Waals surface area contributed by atoms with Crippen LogP contribution in [0.3, 0.4) is 0 Å². The van der Waals surface area contributed by atoms with Gasteiger partial charge in [0.05, 0.1) is 13.7 Å². The molecule has 1 aromatic rings. The summed E-state index contributed by atoms with van der Waals surface area (Å²) in [5.74, 6) is 0.767. The fraction of sp³-hybridized carbons (Fsp3) is 0.625. The number of ether oxygens (including phenoxy) is 1. The first-order chi connectivity index (χ1) is 10.6. The molecule has 0 bridgehead atoms. The SMILES string of the molecule is COc1ccc([C@@H]2OS(=O)O[C@H]2CO[Si](C)(C)C(C)(C)C)cc1. The van der Waals surface area contributed by atoms with Gasteiger partial charge in [-0.1, -0.05) is 32.9 Å². The standard InChI is InChI=1S/C16H26O5SSi/c1-16(2,3)23(5,6)19-11-14-15(21-22(17)20-14)12-7-9-13(18-4)10-8-12/h7-10,14-15H,11H2,1-6H3/t14-,15-,22?/m0/s1. The first-order valence-electron chi connectivity index (χ1n) is 7.68. The highest BCUT2D eigenvalue weighted by atomic mass is 32.2. The predicted octanol–water partition coefficient (Wildman–Crippen LogP) is 3.75. The van der Waals surface area contributed by atoms with Gasteiger partial charge in [-0.25, -0.2) is 0 Å². The van der Waals surface area contributed by atoms with Crippen LogP contribution in [-0.4, -0.2) is 32.3 Å². The van der Waals surface area contributed by atoms with Crippen LogP contribution in [0.1, 0.15) is 32.4 Å². The van der Waals surface area contributed by atoms with Crippen LogP contribution in [0.4, 0.5) is 0 Å². The monoisotopic (exact) mass is 358 g/mol. The lowest BCUT2D eigenvalue weighted by atomic mass is 10.1. The largest absolute Gasteiger partial charge is 0.497 e. The van der Waals surface area contributed by atoms with Gasteiger partial charge in [0.1, 0.15) is 18.0 Å². The molecule has 0 N–H and O–H groups in total. The minimum Gasteiger partial charge on any atom is -0.497 e. The number of hydrogen-bond acceptors (Lipinski definition) is 5. The maximum Gasteiger partial charge on any atom is 0.305 e. The summed E-state index contributed by atoms with van der Waals surface area (Å²) in [5.41, 5.74) is 0.903. The molecule has 1 aliphatic heterocycles. The van der Waals surface area contributed by atoms with E-state index >= 15 is 0 Å². The minimum absolute atomic E-state index is 0.112. The molecule has 1 saturated heterocycles. The zero-order valence-electron chi connectivity index (χ0n) is 14.6. The van der Waals surface area contributed by atoms with Crippen molar-refractivity contribution in [2.75, 3.05) is 13.7 Å². The summed E-state index contributed by atoms with van der Waals surface area (Å²) in [6.07, 6.45) is -0.773. The van der Waals surface area contributed by atoms with Gasteiger partial charge in [0.2, 0.25) is 0 Å². The van der Waals surface area contributed by atoms with E-state index in [1.54, 1.807) is 7.11 Å². The third-order valence-electron chi connectivity index (χ3n) is 4.58. The highest BCUT2D eigenvalue weighted by molar-refractivity contribution is 7.75. The molecular weight excluding hydrogens is 332 g/mol. The van der Waals surface area contributed by atoms with E-state index in [0.29, 0.717) is 6.61 Å². The fourth-order valence-electron chi connectivity index (χ4n) is 2.01. The van der Waals surface area contributed by atoms with Crippen LogP contribution in [0.15, 0.2) is 24.3 Å². The molecule has 7 heteroatoms. The van der Waals surface area contributed by atoms with Crippen LogP contribution in [0.2, 0.25) is 18.1 Å². The van der Waals surface area contributed by atoms with Gasteiger partial charge in [-0.3, -0.25) is 8.37 Å². The zero-order valence-corrected chi connectivity index (χ0v) is 16.4. The Labute approximate surface area is 142 Å². The number of methoxy groups -OCH3 is 1. The van der Waals surface area contributed by atoms with Crippen molar-refractivity contribution in [2.45, 2.75) is 51.1 Å². The Kier molecular flexibility index (Phi) is 5.68. The quantitative estimate of drug-likeness (QED) is 0.750. The molecule has 0 spiro atoms. The summed E-state index contributed by atoms with van der Waals surface area (Å²) >= 11 is -1.74. The van der Waals surface area contributed by atoms with Gasteiger partial charge in [0, 0.05) is 0 Å². The van der Waals surface area contributed by atoms with Crippen LogP contribution in [0.5, 0.6) is 5.75 Å². The summed E-state index contributed by atoms with van der Waals surface area (Å²) < 4.78 is 33.9. The molecule has 0 aromatic heterocycles. The molecule has 2 rings (SSSR count). The van der Waals surface area contributed by atoms with Crippen molar-refractivity contribution < 1.29 is 21.7 Å². The van der Waals surface area contributed by atoms with Crippen molar-refractivity contribution in [3.05, 3.63) is 29.8 Å². The molecule has 0 radical (unpaired) electrons. The van der Waals surface area contributed by atoms with E-state index in [9.17, 15) is 4.21 Å². The molecule has 1 fully saturated rings. The highest BCUT2D eigenvalue weighted by Gasteiger charge is 2.41. The Bertz CT molecular complexity index is 553. The molecule has 5 nitrogen and oxygen atoms in total. The van der Waals surface area contributed by atoms with Crippen molar-refractivity contribution in [3.63, 3.8) is 0 Å². The van der Waals surface area contributed by atoms with E-state index in [-0.39, 0.29) is 11.1 Å². The fourth-order valence-corrected chi connectivity index (χ4v) is 3.83. The number of hydrogen-bond donors (Lipinski definition) is 0. The number of rotatable bonds is 5. The Morgan fingerprint density at radius 2 is 1.78 bits per heavy atom. The van der Waals surface area contributed by atoms with E-state index in [2.05, 4.69) is 33.9 Å². The van der Waals surface area contributed by atoms with Crippen molar-refractivity contribution in [1.29, 1.82) is 0 Å². The Hall–Kier alpha value is -0.733. The molecule has 0 saturated carbocycles. The van der Waals surface area contributed by atoms with Crippen LogP contribution < -0.4 is 4.74 Å². The molecule has 0 amide bonds. The normalized spacial score (nSPS) is 25.6. The van der Waals surface area contributed by atoms with Gasteiger partial charge in [0.15, 0.2) is 8.32 Å². The van der Waals surface area contributed by atoms with E-state index in [1.165, 1.54) is 0 Å². The van der Waals surface area contributed by atoms with Crippen molar-refractivity contribution >= 4 is 19.7 Å². The zero-order chi connectivity index (χ0) is 17.3. The second kappa shape index (κ2) is 7.02. The third-order valence-corrected chi connectivity index (χ3v) is 9.85. The average Bonchev–Trinajstić information content (AvgIpc) is 2.85. The average molecular weight is 359 g/mol. The Morgan fingerprint density at radius 1 is 1.17 bits per heavy atom. The second-order valence-electron chi connectivity index (χ2n) is 7.20. The van der Waals surface area contributed by atoms with Gasteiger partial charge in [0.25, 0.3) is 0 Å². The smallest absolute Gasteiger partial charge is 0.305 e. The maximum atomic E-state index is 11.7. The molecule has 130 valence electrons. The lowest BCUT2D eigenvalue weighted by Crippen LogP contribution is -2.43. The molecule has 1 aromatic carbocycles. The van der Waals surface area contributed by atoms with Crippen molar-refractivity contribution in [1.82, 2.24) is 0 Å². The molecule has 23 heavy (non-hydrogen) atoms.